The van der Waals surface area contributed by atoms with Gasteiger partial charge in [0.25, 0.3) is 0 Å². The number of hydrogen-bond acceptors (Lipinski definition) is 0. The van der Waals surface area contributed by atoms with Gasteiger partial charge in [-0.2, -0.15) is 48.3 Å². The summed E-state index contributed by atoms with van der Waals surface area (Å²) in [4.78, 5) is 0. The zero-order chi connectivity index (χ0) is 28.2. The molecule has 200 valence electrons. The number of benzene rings is 3. The highest BCUT2D eigenvalue weighted by Gasteiger charge is 2.91. The fraction of sp³-hybridized carbons (Fsp3) is 0.182. The summed E-state index contributed by atoms with van der Waals surface area (Å²) in [7, 11) is -6.65. The van der Waals surface area contributed by atoms with Gasteiger partial charge in [-0.15, -0.1) is 0 Å². The SMILES string of the molecule is Fc1c(F)c(F)c([P+](c2ccccc2)(c2ccccc2)C(F)(F)C(F)(F)C(F)(F)C(F)(F)F)c(F)c1F. The predicted molar refractivity (Wildman–Crippen MR) is 106 cm³/mol. The molecule has 0 atom stereocenters. The first-order valence-electron chi connectivity index (χ1n) is 9.61. The first kappa shape index (κ1) is 28.7. The molecule has 37 heavy (non-hydrogen) atoms. The van der Waals surface area contributed by atoms with Crippen LogP contribution in [0.2, 0.25) is 0 Å². The third kappa shape index (κ3) is 3.86. The minimum atomic E-state index is -7.53. The van der Waals surface area contributed by atoms with Crippen LogP contribution < -0.4 is 15.9 Å². The zero-order valence-corrected chi connectivity index (χ0v) is 18.4. The number of halogens is 14. The van der Waals surface area contributed by atoms with Crippen LogP contribution in [0.15, 0.2) is 60.7 Å². The van der Waals surface area contributed by atoms with Crippen molar-refractivity contribution in [1.29, 1.82) is 0 Å². The van der Waals surface area contributed by atoms with Crippen molar-refractivity contribution in [3.8, 4) is 0 Å². The van der Waals surface area contributed by atoms with Crippen molar-refractivity contribution >= 4 is 23.2 Å². The van der Waals surface area contributed by atoms with E-state index in [2.05, 4.69) is 0 Å². The smallest absolute Gasteiger partial charge is 0.200 e. The van der Waals surface area contributed by atoms with Crippen molar-refractivity contribution in [2.45, 2.75) is 23.7 Å². The summed E-state index contributed by atoms with van der Waals surface area (Å²) in [5, 5.41) is -5.43. The Morgan fingerprint density at radius 1 is 0.432 bits per heavy atom. The Labute approximate surface area is 198 Å². The molecule has 0 bridgehead atoms. The summed E-state index contributed by atoms with van der Waals surface area (Å²) in [6.45, 7) is 0. The van der Waals surface area contributed by atoms with E-state index in [9.17, 15) is 43.9 Å². The standard InChI is InChI=1S/C22H10F14P/c23-13-14(24)16(26)18(17(27)15(13)25)37(11-7-3-1-4-8-11,12-9-5-2-6-10-12)22(35,36)20(30,31)19(28,29)21(32,33)34/h1-10H/q+1. The second-order valence-corrected chi connectivity index (χ2v) is 10.8. The Balaban J connectivity index is 2.71. The molecule has 15 heteroatoms. The maximum Gasteiger partial charge on any atom is 0.460 e. The highest BCUT2D eigenvalue weighted by molar-refractivity contribution is 7.96. The monoisotopic (exact) mass is 571 g/mol. The lowest BCUT2D eigenvalue weighted by Crippen LogP contribution is -2.64. The third-order valence-corrected chi connectivity index (χ3v) is 9.69. The van der Waals surface area contributed by atoms with Crippen LogP contribution in [-0.4, -0.2) is 23.7 Å². The summed E-state index contributed by atoms with van der Waals surface area (Å²) in [5.41, 5.74) is -6.81. The van der Waals surface area contributed by atoms with Crippen LogP contribution in [0, 0.1) is 29.1 Å². The molecule has 0 unspecified atom stereocenters. The predicted octanol–water partition coefficient (Wildman–Crippen LogP) is 7.10. The average Bonchev–Trinajstić information content (AvgIpc) is 2.84. The van der Waals surface area contributed by atoms with Crippen molar-refractivity contribution in [2.75, 3.05) is 0 Å². The lowest BCUT2D eigenvalue weighted by Gasteiger charge is -2.40. The van der Waals surface area contributed by atoms with Gasteiger partial charge in [-0.3, -0.25) is 0 Å². The number of hydrogen-bond donors (Lipinski definition) is 0. The quantitative estimate of drug-likeness (QED) is 0.128. The van der Waals surface area contributed by atoms with Gasteiger partial charge >= 0.3 is 23.7 Å². The maximum absolute atomic E-state index is 16.0. The van der Waals surface area contributed by atoms with Crippen LogP contribution in [0.1, 0.15) is 0 Å². The van der Waals surface area contributed by atoms with Crippen molar-refractivity contribution < 1.29 is 61.5 Å². The average molecular weight is 571 g/mol. The van der Waals surface area contributed by atoms with Gasteiger partial charge in [-0.1, -0.05) is 36.4 Å². The molecule has 0 spiro atoms. The van der Waals surface area contributed by atoms with Crippen LogP contribution in [0.25, 0.3) is 0 Å². The molecule has 0 nitrogen and oxygen atoms in total. The van der Waals surface area contributed by atoms with Gasteiger partial charge in [0.2, 0.25) is 29.1 Å². The summed E-state index contributed by atoms with van der Waals surface area (Å²) in [6, 6.07) is 6.71. The molecule has 0 heterocycles. The van der Waals surface area contributed by atoms with E-state index in [0.717, 1.165) is 36.4 Å². The molecule has 0 radical (unpaired) electrons. The van der Waals surface area contributed by atoms with E-state index < -0.39 is 75.9 Å². The van der Waals surface area contributed by atoms with Crippen LogP contribution in [-0.2, 0) is 0 Å². The third-order valence-electron chi connectivity index (χ3n) is 5.36. The van der Waals surface area contributed by atoms with Gasteiger partial charge in [-0.05, 0) is 24.3 Å². The fourth-order valence-corrected chi connectivity index (χ4v) is 7.97. The summed E-state index contributed by atoms with van der Waals surface area (Å²) in [5.74, 6) is -29.9. The minimum Gasteiger partial charge on any atom is -0.200 e. The molecular weight excluding hydrogens is 561 g/mol. The van der Waals surface area contributed by atoms with Crippen LogP contribution in [0.5, 0.6) is 0 Å². The van der Waals surface area contributed by atoms with E-state index in [4.69, 9.17) is 0 Å². The lowest BCUT2D eigenvalue weighted by atomic mass is 10.1. The van der Waals surface area contributed by atoms with E-state index >= 15 is 17.6 Å². The molecule has 3 aromatic rings. The highest BCUT2D eigenvalue weighted by atomic mass is 31.2. The van der Waals surface area contributed by atoms with E-state index in [-0.39, 0.29) is 0 Å². The van der Waals surface area contributed by atoms with E-state index in [0.29, 0.717) is 24.3 Å². The molecular formula is C22H10F14P+. The molecule has 0 fully saturated rings. The van der Waals surface area contributed by atoms with Crippen LogP contribution in [0.4, 0.5) is 61.5 Å². The largest absolute Gasteiger partial charge is 0.460 e. The molecule has 0 aliphatic heterocycles. The van der Waals surface area contributed by atoms with Crippen molar-refractivity contribution in [2.24, 2.45) is 0 Å². The van der Waals surface area contributed by atoms with Gasteiger partial charge in [0.15, 0.2) is 12.6 Å². The normalized spacial score (nSPS) is 13.7. The van der Waals surface area contributed by atoms with Crippen LogP contribution >= 0.6 is 7.26 Å². The fourth-order valence-electron chi connectivity index (χ4n) is 3.64. The highest BCUT2D eigenvalue weighted by Crippen LogP contribution is 2.75. The van der Waals surface area contributed by atoms with Gasteiger partial charge in [0.05, 0.1) is 0 Å². The molecule has 0 saturated heterocycles. The van der Waals surface area contributed by atoms with E-state index in [1.807, 2.05) is 0 Å². The molecule has 3 aromatic carbocycles. The van der Waals surface area contributed by atoms with Crippen LogP contribution in [0.3, 0.4) is 0 Å². The number of alkyl halides is 9. The summed E-state index contributed by atoms with van der Waals surface area (Å²) in [6.07, 6.45) is -7.32. The molecule has 0 amide bonds. The molecule has 0 aliphatic rings. The minimum absolute atomic E-state index is 0.411. The Morgan fingerprint density at radius 3 is 1.08 bits per heavy atom. The van der Waals surface area contributed by atoms with Crippen molar-refractivity contribution in [3.63, 3.8) is 0 Å². The maximum atomic E-state index is 16.0. The van der Waals surface area contributed by atoms with Gasteiger partial charge in [0, 0.05) is 0 Å². The Hall–Kier alpha value is -2.89. The molecule has 0 aliphatic carbocycles. The summed E-state index contributed by atoms with van der Waals surface area (Å²) >= 11 is 0. The first-order valence-corrected chi connectivity index (χ1v) is 11.4. The Kier molecular flexibility index (Phi) is 7.09. The lowest BCUT2D eigenvalue weighted by molar-refractivity contribution is -0.382. The molecule has 0 aromatic heterocycles. The van der Waals surface area contributed by atoms with E-state index in [1.54, 1.807) is 0 Å². The topological polar surface area (TPSA) is 0 Å². The Morgan fingerprint density at radius 2 is 0.757 bits per heavy atom. The van der Waals surface area contributed by atoms with E-state index in [1.165, 1.54) is 0 Å². The molecule has 0 saturated carbocycles. The van der Waals surface area contributed by atoms with Crippen molar-refractivity contribution in [3.05, 3.63) is 89.7 Å². The second-order valence-electron chi connectivity index (χ2n) is 7.45. The van der Waals surface area contributed by atoms with Gasteiger partial charge in [0.1, 0.15) is 10.6 Å². The zero-order valence-electron chi connectivity index (χ0n) is 17.5. The second kappa shape index (κ2) is 9.14. The number of rotatable bonds is 6. The molecule has 0 N–H and O–H groups in total. The van der Waals surface area contributed by atoms with Gasteiger partial charge < -0.3 is 0 Å². The van der Waals surface area contributed by atoms with Gasteiger partial charge in [-0.25, -0.2) is 13.2 Å². The Bertz CT molecular complexity index is 1220. The molecule has 3 rings (SSSR count). The first-order chi connectivity index (χ1) is 16.9. The summed E-state index contributed by atoms with van der Waals surface area (Å²) < 4.78 is 201. The van der Waals surface area contributed by atoms with Crippen molar-refractivity contribution in [1.82, 2.24) is 0 Å².